The first-order valence-electron chi connectivity index (χ1n) is 3.37. The molecule has 0 saturated heterocycles. The molecule has 10 heavy (non-hydrogen) atoms. The van der Waals surface area contributed by atoms with Gasteiger partial charge in [-0.1, -0.05) is 13.8 Å². The van der Waals surface area contributed by atoms with Crippen molar-refractivity contribution < 1.29 is 0 Å². The molecular formula is C8H12NPb. The monoisotopic (exact) mass is 330 g/mol. The van der Waals surface area contributed by atoms with Crippen LogP contribution in [0.3, 0.4) is 0 Å². The van der Waals surface area contributed by atoms with Crippen LogP contribution >= 0.6 is 0 Å². The van der Waals surface area contributed by atoms with Gasteiger partial charge in [-0.25, -0.2) is 0 Å². The third kappa shape index (κ3) is 3.20. The molecule has 0 bridgehead atoms. The van der Waals surface area contributed by atoms with E-state index in [0.717, 1.165) is 31.5 Å². The topological polar surface area (TPSA) is 26.0 Å². The van der Waals surface area contributed by atoms with Crippen molar-refractivity contribution in [3.63, 3.8) is 0 Å². The molecule has 0 saturated carbocycles. The summed E-state index contributed by atoms with van der Waals surface area (Å²) in [6, 6.07) is 7.96. The summed E-state index contributed by atoms with van der Waals surface area (Å²) in [4.78, 5) is 0. The van der Waals surface area contributed by atoms with Crippen LogP contribution in [-0.4, -0.2) is 25.8 Å². The van der Waals surface area contributed by atoms with Crippen LogP contribution in [0, 0.1) is 0 Å². The molecule has 0 unspecified atom stereocenters. The zero-order valence-corrected chi connectivity index (χ0v) is 10.3. The van der Waals surface area contributed by atoms with Crippen molar-refractivity contribution in [2.75, 3.05) is 5.73 Å². The van der Waals surface area contributed by atoms with Crippen LogP contribution in [0.25, 0.3) is 0 Å². The van der Waals surface area contributed by atoms with Crippen LogP contribution in [0.4, 0.5) is 5.69 Å². The molecule has 2 heteroatoms. The van der Waals surface area contributed by atoms with E-state index in [9.17, 15) is 0 Å². The summed E-state index contributed by atoms with van der Waals surface area (Å²) in [5, 5.41) is 0. The molecule has 0 aliphatic rings. The summed E-state index contributed by atoms with van der Waals surface area (Å²) in [6.07, 6.45) is 0. The van der Waals surface area contributed by atoms with Crippen LogP contribution < -0.4 is 8.86 Å². The second kappa shape index (κ2) is 5.71. The molecule has 53 valence electrons. The van der Waals surface area contributed by atoms with Crippen LogP contribution in [-0.2, 0) is 0 Å². The molecule has 0 atom stereocenters. The molecule has 2 N–H and O–H groups in total. The summed E-state index contributed by atoms with van der Waals surface area (Å²) >= 11 is 1.05. The number of benzene rings is 1. The van der Waals surface area contributed by atoms with E-state index in [1.165, 1.54) is 3.12 Å². The van der Waals surface area contributed by atoms with E-state index >= 15 is 0 Å². The molecule has 0 aromatic heterocycles. The molecule has 1 aromatic carbocycles. The maximum absolute atomic E-state index is 5.55. The minimum absolute atomic E-state index is 0.930. The van der Waals surface area contributed by atoms with Gasteiger partial charge in [0.15, 0.2) is 0 Å². The van der Waals surface area contributed by atoms with E-state index in [4.69, 9.17) is 5.73 Å². The van der Waals surface area contributed by atoms with Crippen LogP contribution in [0.2, 0.25) is 0 Å². The Morgan fingerprint density at radius 3 is 2.00 bits per heavy atom. The van der Waals surface area contributed by atoms with Gasteiger partial charge in [-0.2, -0.15) is 0 Å². The Kier molecular flexibility index (Phi) is 5.67. The van der Waals surface area contributed by atoms with Gasteiger partial charge in [0, 0.05) is 0 Å². The van der Waals surface area contributed by atoms with Crippen molar-refractivity contribution in [1.29, 1.82) is 0 Å². The van der Waals surface area contributed by atoms with Crippen LogP contribution in [0.5, 0.6) is 0 Å². The first kappa shape index (κ1) is 9.94. The molecule has 0 heterocycles. The average Bonchev–Trinajstić information content (AvgIpc) is 2.00. The summed E-state index contributed by atoms with van der Waals surface area (Å²) in [5.74, 6) is 0. The molecule has 3 radical (unpaired) electrons. The Labute approximate surface area is 78.3 Å². The molecule has 0 aliphatic heterocycles. The van der Waals surface area contributed by atoms with Crippen molar-refractivity contribution in [2.45, 2.75) is 13.8 Å². The molecular weight excluding hydrogens is 317 g/mol. The van der Waals surface area contributed by atoms with Gasteiger partial charge in [-0.3, -0.25) is 0 Å². The maximum atomic E-state index is 5.55. The Morgan fingerprint density at radius 2 is 1.70 bits per heavy atom. The van der Waals surface area contributed by atoms with Crippen molar-refractivity contribution in [3.05, 3.63) is 24.3 Å². The van der Waals surface area contributed by atoms with Gasteiger partial charge >= 0.3 is 64.6 Å². The minimum atomic E-state index is 0.930. The van der Waals surface area contributed by atoms with Gasteiger partial charge in [0.05, 0.1) is 0 Å². The zero-order chi connectivity index (χ0) is 7.98. The van der Waals surface area contributed by atoms with E-state index in [-0.39, 0.29) is 0 Å². The number of nitrogen functional groups attached to an aromatic ring is 1. The molecule has 0 fully saturated rings. The van der Waals surface area contributed by atoms with Crippen molar-refractivity contribution in [2.24, 2.45) is 0 Å². The first-order valence-corrected chi connectivity index (χ1v) is 5.31. The normalized spacial score (nSPS) is 7.90. The molecule has 1 aromatic rings. The first-order chi connectivity index (χ1) is 4.80. The molecule has 0 amide bonds. The molecule has 1 nitrogen and oxygen atoms in total. The van der Waals surface area contributed by atoms with Crippen molar-refractivity contribution >= 4 is 34.6 Å². The summed E-state index contributed by atoms with van der Waals surface area (Å²) in [5.41, 5.74) is 6.48. The van der Waals surface area contributed by atoms with Gasteiger partial charge in [-0.15, -0.1) is 0 Å². The average molecular weight is 329 g/mol. The Bertz CT molecular complexity index is 165. The molecule has 0 spiro atoms. The van der Waals surface area contributed by atoms with Gasteiger partial charge in [0.25, 0.3) is 0 Å². The third-order valence-electron chi connectivity index (χ3n) is 0.961. The fourth-order valence-electron chi connectivity index (χ4n) is 0.497. The van der Waals surface area contributed by atoms with E-state index in [2.05, 4.69) is 6.07 Å². The summed E-state index contributed by atoms with van der Waals surface area (Å²) in [7, 11) is 0. The van der Waals surface area contributed by atoms with Gasteiger partial charge in [-0.05, 0) is 0 Å². The third-order valence-corrected chi connectivity index (χ3v) is 2.73. The van der Waals surface area contributed by atoms with E-state index in [1.54, 1.807) is 0 Å². The van der Waals surface area contributed by atoms with Crippen molar-refractivity contribution in [1.82, 2.24) is 0 Å². The fraction of sp³-hybridized carbons (Fsp3) is 0.250. The SMILES string of the molecule is CC.Nc1cccc[c]1[Pb]. The number of hydrogen-bond donors (Lipinski definition) is 1. The van der Waals surface area contributed by atoms with Crippen LogP contribution in [0.15, 0.2) is 24.3 Å². The number of rotatable bonds is 0. The predicted molar refractivity (Wildman–Crippen MR) is 47.6 cm³/mol. The van der Waals surface area contributed by atoms with Crippen LogP contribution in [0.1, 0.15) is 13.8 Å². The summed E-state index contributed by atoms with van der Waals surface area (Å²) < 4.78 is 1.28. The van der Waals surface area contributed by atoms with Gasteiger partial charge in [0.1, 0.15) is 0 Å². The van der Waals surface area contributed by atoms with Gasteiger partial charge in [0.2, 0.25) is 0 Å². The molecule has 0 aliphatic carbocycles. The van der Waals surface area contributed by atoms with E-state index in [1.807, 2.05) is 32.0 Å². The van der Waals surface area contributed by atoms with E-state index < -0.39 is 0 Å². The molecule has 1 rings (SSSR count). The fourth-order valence-corrected chi connectivity index (χ4v) is 1.20. The number of nitrogens with two attached hydrogens (primary N) is 1. The number of anilines is 1. The van der Waals surface area contributed by atoms with Gasteiger partial charge < -0.3 is 0 Å². The quantitative estimate of drug-likeness (QED) is 0.560. The summed E-state index contributed by atoms with van der Waals surface area (Å²) in [6.45, 7) is 4.00. The van der Waals surface area contributed by atoms with E-state index in [0.29, 0.717) is 0 Å². The Morgan fingerprint density at radius 1 is 1.20 bits per heavy atom. The number of para-hydroxylation sites is 1. The Hall–Kier alpha value is -0.0579. The second-order valence-corrected chi connectivity index (χ2v) is 3.68. The van der Waals surface area contributed by atoms with Crippen molar-refractivity contribution in [3.8, 4) is 0 Å². The number of hydrogen-bond acceptors (Lipinski definition) is 1. The predicted octanol–water partition coefficient (Wildman–Crippen LogP) is 1.09. The Balaban J connectivity index is 0.000000371. The zero-order valence-electron chi connectivity index (χ0n) is 6.39. The second-order valence-electron chi connectivity index (χ2n) is 1.59. The standard InChI is InChI=1S/C6H6N.C2H6.Pb/c7-6-4-2-1-3-5-6;1-2;/h1-4H,7H2;1-2H3;.